The van der Waals surface area contributed by atoms with Crippen LogP contribution in [-0.2, 0) is 4.79 Å². The molecule has 1 unspecified atom stereocenters. The van der Waals surface area contributed by atoms with Gasteiger partial charge >= 0.3 is 0 Å². The van der Waals surface area contributed by atoms with Crippen LogP contribution in [0.15, 0.2) is 54.9 Å². The van der Waals surface area contributed by atoms with E-state index in [0.717, 1.165) is 42.8 Å². The molecule has 1 saturated heterocycles. The lowest BCUT2D eigenvalue weighted by atomic mass is 10.0. The first-order valence-corrected chi connectivity index (χ1v) is 8.99. The van der Waals surface area contributed by atoms with Crippen molar-refractivity contribution in [3.63, 3.8) is 0 Å². The molecule has 6 nitrogen and oxygen atoms in total. The summed E-state index contributed by atoms with van der Waals surface area (Å²) in [5, 5.41) is 0. The molecule has 1 aliphatic rings. The quantitative estimate of drug-likeness (QED) is 0.742. The average Bonchev–Trinajstić information content (AvgIpc) is 3.14. The first-order valence-electron chi connectivity index (χ1n) is 8.99. The normalized spacial score (nSPS) is 17.6. The van der Waals surface area contributed by atoms with Gasteiger partial charge in [-0.15, -0.1) is 0 Å². The van der Waals surface area contributed by atoms with Gasteiger partial charge in [0.15, 0.2) is 0 Å². The highest BCUT2D eigenvalue weighted by molar-refractivity contribution is 5.79. The largest absolute Gasteiger partial charge is 0.370 e. The van der Waals surface area contributed by atoms with E-state index >= 15 is 0 Å². The highest BCUT2D eigenvalue weighted by Crippen LogP contribution is 2.28. The second-order valence-electron chi connectivity index (χ2n) is 6.74. The number of nitrogens with zero attached hydrogens (tertiary/aromatic N) is 3. The fraction of sp³-hybridized carbons (Fsp3) is 0.300. The van der Waals surface area contributed by atoms with E-state index in [-0.39, 0.29) is 11.9 Å². The zero-order valence-electron chi connectivity index (χ0n) is 14.6. The Balaban J connectivity index is 1.59. The Hall–Kier alpha value is -3.02. The van der Waals surface area contributed by atoms with Crippen LogP contribution in [0.1, 0.15) is 12.8 Å². The fourth-order valence-corrected chi connectivity index (χ4v) is 3.73. The third-order valence-corrected chi connectivity index (χ3v) is 5.06. The first kappa shape index (κ1) is 16.4. The molecule has 26 heavy (non-hydrogen) atoms. The van der Waals surface area contributed by atoms with Crippen LogP contribution in [0.4, 0.5) is 11.4 Å². The molecule has 1 aliphatic heterocycles. The minimum absolute atomic E-state index is 0.233. The number of carbonyl (C=O) groups excluding carboxylic acids is 1. The number of amides is 1. The second kappa shape index (κ2) is 7.07. The Labute approximate surface area is 152 Å². The van der Waals surface area contributed by atoms with E-state index in [1.807, 2.05) is 12.1 Å². The van der Waals surface area contributed by atoms with Gasteiger partial charge in [-0.25, -0.2) is 4.98 Å². The van der Waals surface area contributed by atoms with E-state index in [2.05, 4.69) is 56.2 Å². The number of aromatic nitrogens is 2. The maximum atomic E-state index is 11.4. The topological polar surface area (TPSA) is 78.2 Å². The molecular formula is C20H23N5O. The summed E-state index contributed by atoms with van der Waals surface area (Å²) >= 11 is 0. The Morgan fingerprint density at radius 2 is 2.00 bits per heavy atom. The highest BCUT2D eigenvalue weighted by atomic mass is 16.1. The van der Waals surface area contributed by atoms with Gasteiger partial charge in [-0.2, -0.15) is 0 Å². The Kier molecular flexibility index (Phi) is 4.48. The van der Waals surface area contributed by atoms with Gasteiger partial charge in [-0.3, -0.25) is 4.79 Å². The molecule has 3 aromatic rings. The van der Waals surface area contributed by atoms with Crippen molar-refractivity contribution in [3.8, 4) is 0 Å². The lowest BCUT2D eigenvalue weighted by Crippen LogP contribution is -2.53. The van der Waals surface area contributed by atoms with Crippen LogP contribution in [0.2, 0.25) is 0 Å². The first-order chi connectivity index (χ1) is 12.7. The number of anilines is 2. The lowest BCUT2D eigenvalue weighted by Gasteiger charge is -2.44. The van der Waals surface area contributed by atoms with Gasteiger partial charge in [0, 0.05) is 43.5 Å². The molecule has 0 bridgehead atoms. The summed E-state index contributed by atoms with van der Waals surface area (Å²) in [7, 11) is 0. The molecular weight excluding hydrogens is 326 g/mol. The number of rotatable bonds is 5. The summed E-state index contributed by atoms with van der Waals surface area (Å²) in [5.74, 6) is -0.245. The average molecular weight is 349 g/mol. The van der Waals surface area contributed by atoms with E-state index in [0.29, 0.717) is 6.42 Å². The lowest BCUT2D eigenvalue weighted by molar-refractivity contribution is -0.118. The van der Waals surface area contributed by atoms with Crippen molar-refractivity contribution in [2.45, 2.75) is 18.9 Å². The zero-order valence-corrected chi connectivity index (χ0v) is 14.6. The molecule has 4 rings (SSSR count). The van der Waals surface area contributed by atoms with E-state index in [4.69, 9.17) is 5.73 Å². The Morgan fingerprint density at radius 3 is 2.81 bits per heavy atom. The molecule has 0 aliphatic carbocycles. The molecule has 1 fully saturated rings. The number of para-hydroxylation sites is 1. The van der Waals surface area contributed by atoms with Gasteiger partial charge in [-0.1, -0.05) is 18.2 Å². The number of piperazine rings is 1. The molecule has 3 N–H and O–H groups in total. The summed E-state index contributed by atoms with van der Waals surface area (Å²) in [4.78, 5) is 23.6. The standard InChI is InChI=1S/C20H23N5O/c21-20(26)9-7-17-13-24(15-4-2-1-3-5-15)10-11-25(17)16-6-8-18-19(12-16)23-14-22-18/h1-6,8,12,14,17H,7,9-11,13H2,(H2,21,26)(H,22,23). The number of imidazole rings is 1. The number of benzene rings is 2. The van der Waals surface area contributed by atoms with Crippen molar-refractivity contribution in [2.24, 2.45) is 5.73 Å². The van der Waals surface area contributed by atoms with Gasteiger partial charge in [-0.05, 0) is 36.8 Å². The molecule has 0 spiro atoms. The van der Waals surface area contributed by atoms with Crippen LogP contribution in [0.3, 0.4) is 0 Å². The number of fused-ring (bicyclic) bond motifs is 1. The Morgan fingerprint density at radius 1 is 1.15 bits per heavy atom. The van der Waals surface area contributed by atoms with Crippen molar-refractivity contribution in [1.82, 2.24) is 9.97 Å². The number of nitrogens with two attached hydrogens (primary N) is 1. The smallest absolute Gasteiger partial charge is 0.217 e. The molecule has 0 saturated carbocycles. The summed E-state index contributed by atoms with van der Waals surface area (Å²) in [6.45, 7) is 2.72. The number of primary amides is 1. The van der Waals surface area contributed by atoms with Crippen molar-refractivity contribution >= 4 is 28.3 Å². The summed E-state index contributed by atoms with van der Waals surface area (Å²) in [5.41, 5.74) is 9.79. The molecule has 134 valence electrons. The van der Waals surface area contributed by atoms with Crippen LogP contribution in [0.25, 0.3) is 11.0 Å². The zero-order chi connectivity index (χ0) is 17.9. The van der Waals surface area contributed by atoms with Gasteiger partial charge < -0.3 is 20.5 Å². The number of hydrogen-bond acceptors (Lipinski definition) is 4. The minimum Gasteiger partial charge on any atom is -0.370 e. The van der Waals surface area contributed by atoms with Crippen molar-refractivity contribution in [1.29, 1.82) is 0 Å². The predicted octanol–water partition coefficient (Wildman–Crippen LogP) is 2.52. The van der Waals surface area contributed by atoms with Gasteiger partial charge in [0.1, 0.15) is 0 Å². The molecule has 6 heteroatoms. The van der Waals surface area contributed by atoms with E-state index in [1.54, 1.807) is 6.33 Å². The summed E-state index contributed by atoms with van der Waals surface area (Å²) in [6, 6.07) is 16.9. The maximum Gasteiger partial charge on any atom is 0.217 e. The maximum absolute atomic E-state index is 11.4. The molecule has 1 atom stereocenters. The van der Waals surface area contributed by atoms with Crippen molar-refractivity contribution in [3.05, 3.63) is 54.9 Å². The van der Waals surface area contributed by atoms with Crippen LogP contribution in [0.5, 0.6) is 0 Å². The van der Waals surface area contributed by atoms with Gasteiger partial charge in [0.2, 0.25) is 5.91 Å². The fourth-order valence-electron chi connectivity index (χ4n) is 3.73. The van der Waals surface area contributed by atoms with Crippen LogP contribution in [0, 0.1) is 0 Å². The monoisotopic (exact) mass is 349 g/mol. The predicted molar refractivity (Wildman–Crippen MR) is 104 cm³/mol. The van der Waals surface area contributed by atoms with E-state index in [9.17, 15) is 4.79 Å². The van der Waals surface area contributed by atoms with Crippen LogP contribution in [-0.4, -0.2) is 41.6 Å². The van der Waals surface area contributed by atoms with E-state index in [1.165, 1.54) is 5.69 Å². The van der Waals surface area contributed by atoms with Crippen LogP contribution < -0.4 is 15.5 Å². The Bertz CT molecular complexity index is 891. The third-order valence-electron chi connectivity index (χ3n) is 5.06. The summed E-state index contributed by atoms with van der Waals surface area (Å²) in [6.07, 6.45) is 2.86. The summed E-state index contributed by atoms with van der Waals surface area (Å²) < 4.78 is 0. The second-order valence-corrected chi connectivity index (χ2v) is 6.74. The number of nitrogens with one attached hydrogen (secondary N) is 1. The van der Waals surface area contributed by atoms with E-state index < -0.39 is 0 Å². The number of hydrogen-bond donors (Lipinski definition) is 2. The third kappa shape index (κ3) is 3.35. The highest BCUT2D eigenvalue weighted by Gasteiger charge is 2.27. The number of carbonyl (C=O) groups is 1. The number of H-pyrrole nitrogens is 1. The molecule has 1 aromatic heterocycles. The van der Waals surface area contributed by atoms with Gasteiger partial charge in [0.25, 0.3) is 0 Å². The molecule has 0 radical (unpaired) electrons. The van der Waals surface area contributed by atoms with Crippen LogP contribution >= 0.6 is 0 Å². The SMILES string of the molecule is NC(=O)CCC1CN(c2ccccc2)CCN1c1ccc2nc[nH]c2c1. The van der Waals surface area contributed by atoms with Crippen molar-refractivity contribution < 1.29 is 4.79 Å². The minimum atomic E-state index is -0.245. The van der Waals surface area contributed by atoms with Gasteiger partial charge in [0.05, 0.1) is 17.4 Å². The molecule has 1 amide bonds. The molecule has 2 heterocycles. The van der Waals surface area contributed by atoms with Crippen molar-refractivity contribution in [2.75, 3.05) is 29.4 Å². The number of aromatic amines is 1. The molecule has 2 aromatic carbocycles.